The van der Waals surface area contributed by atoms with Gasteiger partial charge < -0.3 is 4.57 Å². The van der Waals surface area contributed by atoms with Crippen LogP contribution in [-0.2, 0) is 12.8 Å². The van der Waals surface area contributed by atoms with Crippen molar-refractivity contribution >= 4 is 22.8 Å². The third-order valence-electron chi connectivity index (χ3n) is 3.87. The first-order valence-electron chi connectivity index (χ1n) is 7.63. The van der Waals surface area contributed by atoms with Crippen LogP contribution in [0.1, 0.15) is 5.69 Å². The molecule has 0 unspecified atom stereocenters. The maximum Gasteiger partial charge on any atom is 0.274 e. The number of nitrogens with one attached hydrogen (secondary N) is 1. The number of aryl methyl sites for hydroxylation is 1. The number of aromatic nitrogens is 4. The second-order valence-corrected chi connectivity index (χ2v) is 6.57. The van der Waals surface area contributed by atoms with Crippen LogP contribution in [0.2, 0.25) is 0 Å². The van der Waals surface area contributed by atoms with Crippen molar-refractivity contribution in [3.05, 3.63) is 76.7 Å². The van der Waals surface area contributed by atoms with Crippen LogP contribution < -0.4 is 5.56 Å². The Hall–Kier alpha value is -2.73. The summed E-state index contributed by atoms with van der Waals surface area (Å²) in [5.74, 6) is 1.30. The lowest BCUT2D eigenvalue weighted by atomic mass is 10.3. The minimum atomic E-state index is -0.0999. The molecule has 0 fully saturated rings. The van der Waals surface area contributed by atoms with Crippen LogP contribution in [-0.4, -0.2) is 19.3 Å². The van der Waals surface area contributed by atoms with Crippen LogP contribution in [0.3, 0.4) is 0 Å². The molecule has 4 aromatic rings. The molecule has 0 aliphatic heterocycles. The fraction of sp³-hybridized carbons (Fsp3) is 0.111. The predicted molar refractivity (Wildman–Crippen MR) is 96.7 cm³/mol. The number of H-pyrrole nitrogens is 1. The Balaban J connectivity index is 1.65. The fourth-order valence-corrected chi connectivity index (χ4v) is 3.50. The highest BCUT2D eigenvalue weighted by Crippen LogP contribution is 2.21. The van der Waals surface area contributed by atoms with E-state index in [0.717, 1.165) is 16.7 Å². The highest BCUT2D eigenvalue weighted by atomic mass is 32.2. The molecule has 5 nitrogen and oxygen atoms in total. The molecule has 0 bridgehead atoms. The summed E-state index contributed by atoms with van der Waals surface area (Å²) in [6, 6.07) is 19.6. The van der Waals surface area contributed by atoms with E-state index in [1.54, 1.807) is 17.8 Å². The van der Waals surface area contributed by atoms with Gasteiger partial charge in [-0.3, -0.25) is 9.89 Å². The maximum absolute atomic E-state index is 12.3. The molecule has 2 aromatic heterocycles. The largest absolute Gasteiger partial charge is 0.311 e. The van der Waals surface area contributed by atoms with Crippen LogP contribution in [0.15, 0.2) is 70.4 Å². The highest BCUT2D eigenvalue weighted by molar-refractivity contribution is 7.98. The summed E-state index contributed by atoms with van der Waals surface area (Å²) in [5.41, 5.74) is 2.64. The molecule has 4 rings (SSSR count). The van der Waals surface area contributed by atoms with Gasteiger partial charge >= 0.3 is 0 Å². The Kier molecular flexibility index (Phi) is 3.74. The number of thioether (sulfide) groups is 1. The van der Waals surface area contributed by atoms with Gasteiger partial charge in [-0.25, -0.2) is 4.98 Å². The molecule has 0 amide bonds. The first-order valence-corrected chi connectivity index (χ1v) is 8.61. The minimum Gasteiger partial charge on any atom is -0.311 e. The van der Waals surface area contributed by atoms with E-state index >= 15 is 0 Å². The van der Waals surface area contributed by atoms with E-state index in [-0.39, 0.29) is 5.56 Å². The number of benzene rings is 2. The Morgan fingerprint density at radius 3 is 2.62 bits per heavy atom. The molecule has 0 aliphatic carbocycles. The second kappa shape index (κ2) is 6.05. The lowest BCUT2D eigenvalue weighted by Gasteiger charge is -2.03. The SMILES string of the molecule is Cn1c(-n2[nH]c(CSc3ccccc3)cc2=O)nc2ccccc21. The molecule has 2 heterocycles. The summed E-state index contributed by atoms with van der Waals surface area (Å²) in [6.07, 6.45) is 0. The molecule has 0 saturated heterocycles. The Labute approximate surface area is 142 Å². The normalized spacial score (nSPS) is 11.2. The van der Waals surface area contributed by atoms with Crippen molar-refractivity contribution in [3.63, 3.8) is 0 Å². The molecule has 120 valence electrons. The van der Waals surface area contributed by atoms with Crippen molar-refractivity contribution in [1.29, 1.82) is 0 Å². The van der Waals surface area contributed by atoms with Gasteiger partial charge in [-0.15, -0.1) is 11.8 Å². The van der Waals surface area contributed by atoms with Crippen molar-refractivity contribution in [3.8, 4) is 5.95 Å². The van der Waals surface area contributed by atoms with Crippen molar-refractivity contribution in [2.24, 2.45) is 7.05 Å². The minimum absolute atomic E-state index is 0.0999. The molecule has 1 N–H and O–H groups in total. The van der Waals surface area contributed by atoms with Gasteiger partial charge in [0, 0.05) is 29.5 Å². The number of aromatic amines is 1. The van der Waals surface area contributed by atoms with Crippen LogP contribution in [0.25, 0.3) is 17.0 Å². The molecule has 0 spiro atoms. The summed E-state index contributed by atoms with van der Waals surface area (Å²) >= 11 is 1.69. The number of rotatable bonds is 4. The van der Waals surface area contributed by atoms with E-state index in [2.05, 4.69) is 22.2 Å². The Bertz CT molecular complexity index is 1050. The van der Waals surface area contributed by atoms with Gasteiger partial charge in [-0.2, -0.15) is 4.68 Å². The standard InChI is InChI=1S/C18H16N4OS/c1-21-16-10-6-5-9-15(16)19-18(21)22-17(23)11-13(20-22)12-24-14-7-3-2-4-8-14/h2-11,20H,12H2,1H3. The number of fused-ring (bicyclic) bond motifs is 1. The summed E-state index contributed by atoms with van der Waals surface area (Å²) < 4.78 is 3.42. The molecule has 0 atom stereocenters. The zero-order chi connectivity index (χ0) is 16.5. The summed E-state index contributed by atoms with van der Waals surface area (Å²) in [6.45, 7) is 0. The van der Waals surface area contributed by atoms with Crippen LogP contribution in [0, 0.1) is 0 Å². The Morgan fingerprint density at radius 1 is 1.08 bits per heavy atom. The summed E-state index contributed by atoms with van der Waals surface area (Å²) in [7, 11) is 1.91. The van der Waals surface area contributed by atoms with Crippen LogP contribution in [0.4, 0.5) is 0 Å². The zero-order valence-electron chi connectivity index (χ0n) is 13.1. The second-order valence-electron chi connectivity index (χ2n) is 5.52. The molecule has 0 saturated carbocycles. The number of nitrogens with zero attached hydrogens (tertiary/aromatic N) is 3. The highest BCUT2D eigenvalue weighted by Gasteiger charge is 2.13. The molecule has 2 aromatic carbocycles. The average Bonchev–Trinajstić information content (AvgIpc) is 3.14. The summed E-state index contributed by atoms with van der Waals surface area (Å²) in [5, 5.41) is 3.17. The Morgan fingerprint density at radius 2 is 1.83 bits per heavy atom. The topological polar surface area (TPSA) is 55.6 Å². The number of hydrogen-bond acceptors (Lipinski definition) is 3. The van der Waals surface area contributed by atoms with Crippen molar-refractivity contribution < 1.29 is 0 Å². The quantitative estimate of drug-likeness (QED) is 0.582. The van der Waals surface area contributed by atoms with Crippen molar-refractivity contribution in [2.75, 3.05) is 0 Å². The molecular formula is C18H16N4OS. The van der Waals surface area contributed by atoms with Gasteiger partial charge in [0.05, 0.1) is 11.0 Å². The summed E-state index contributed by atoms with van der Waals surface area (Å²) in [4.78, 5) is 18.1. The molecule has 0 radical (unpaired) electrons. The van der Waals surface area contributed by atoms with Gasteiger partial charge in [-0.05, 0) is 24.3 Å². The lowest BCUT2D eigenvalue weighted by molar-refractivity contribution is 0.734. The van der Waals surface area contributed by atoms with E-state index in [9.17, 15) is 4.79 Å². The van der Waals surface area contributed by atoms with Crippen molar-refractivity contribution in [2.45, 2.75) is 10.6 Å². The van der Waals surface area contributed by atoms with Gasteiger partial charge in [0.1, 0.15) is 0 Å². The van der Waals surface area contributed by atoms with E-state index in [1.807, 2.05) is 54.1 Å². The molecule has 24 heavy (non-hydrogen) atoms. The third kappa shape index (κ3) is 2.65. The molecular weight excluding hydrogens is 320 g/mol. The molecule has 0 aliphatic rings. The maximum atomic E-state index is 12.3. The third-order valence-corrected chi connectivity index (χ3v) is 4.94. The predicted octanol–water partition coefficient (Wildman–Crippen LogP) is 3.34. The van der Waals surface area contributed by atoms with Gasteiger partial charge in [0.25, 0.3) is 5.56 Å². The van der Waals surface area contributed by atoms with E-state index in [0.29, 0.717) is 11.7 Å². The smallest absolute Gasteiger partial charge is 0.274 e. The number of hydrogen-bond donors (Lipinski definition) is 1. The average molecular weight is 336 g/mol. The fourth-order valence-electron chi connectivity index (χ4n) is 2.68. The van der Waals surface area contributed by atoms with E-state index in [4.69, 9.17) is 0 Å². The number of para-hydroxylation sites is 2. The van der Waals surface area contributed by atoms with Gasteiger partial charge in [-0.1, -0.05) is 30.3 Å². The lowest BCUT2D eigenvalue weighted by Crippen LogP contribution is -2.17. The van der Waals surface area contributed by atoms with Crippen LogP contribution >= 0.6 is 11.8 Å². The van der Waals surface area contributed by atoms with E-state index < -0.39 is 0 Å². The van der Waals surface area contributed by atoms with Gasteiger partial charge in [0.15, 0.2) is 0 Å². The monoisotopic (exact) mass is 336 g/mol. The molecule has 6 heteroatoms. The first kappa shape index (κ1) is 14.8. The number of imidazole rings is 1. The zero-order valence-corrected chi connectivity index (χ0v) is 14.0. The van der Waals surface area contributed by atoms with E-state index in [1.165, 1.54) is 9.58 Å². The van der Waals surface area contributed by atoms with Gasteiger partial charge in [0.2, 0.25) is 5.95 Å². The van der Waals surface area contributed by atoms with Crippen molar-refractivity contribution in [1.82, 2.24) is 19.3 Å². The van der Waals surface area contributed by atoms with Crippen LogP contribution in [0.5, 0.6) is 0 Å². The first-order chi connectivity index (χ1) is 11.7.